The highest BCUT2D eigenvalue weighted by molar-refractivity contribution is 5.83. The Morgan fingerprint density at radius 2 is 1.34 bits per heavy atom. The van der Waals surface area contributed by atoms with Gasteiger partial charge >= 0.3 is 5.63 Å². The Kier molecular flexibility index (Phi) is 13.3. The molecule has 0 aliphatic carbocycles. The van der Waals surface area contributed by atoms with E-state index in [2.05, 4.69) is 6.92 Å². The zero-order valence-corrected chi connectivity index (χ0v) is 20.0. The maximum atomic E-state index is 11.8. The number of ether oxygens (including phenoxy) is 1. The van der Waals surface area contributed by atoms with Crippen LogP contribution in [-0.4, -0.2) is 6.61 Å². The summed E-state index contributed by atoms with van der Waals surface area (Å²) in [4.78, 5) is 11.8. The van der Waals surface area contributed by atoms with Crippen LogP contribution in [0.4, 0.5) is 0 Å². The zero-order valence-electron chi connectivity index (χ0n) is 20.0. The van der Waals surface area contributed by atoms with E-state index in [1.54, 1.807) is 6.07 Å². The van der Waals surface area contributed by atoms with E-state index in [4.69, 9.17) is 14.4 Å². The topological polar surface area (TPSA) is 63.2 Å². The van der Waals surface area contributed by atoms with Gasteiger partial charge in [0.2, 0.25) is 0 Å². The standard InChI is InChI=1S/C28H41NO3/c1-2-3-4-5-6-7-8-9-10-11-12-13-14-15-16-17-21-31-26-20-18-19-24-22-25(23-29)28(30)32-27(24)26/h18-20,22H,2-17,21H2,1H3. The Bertz CT molecular complexity index is 865. The van der Waals surface area contributed by atoms with Gasteiger partial charge in [-0.2, -0.15) is 5.26 Å². The molecule has 2 rings (SSSR count). The molecule has 0 unspecified atom stereocenters. The van der Waals surface area contributed by atoms with Crippen LogP contribution in [0.3, 0.4) is 0 Å². The van der Waals surface area contributed by atoms with Crippen molar-refractivity contribution in [2.24, 2.45) is 0 Å². The molecule has 0 N–H and O–H groups in total. The average Bonchev–Trinajstić information content (AvgIpc) is 2.81. The molecular formula is C28H41NO3. The third-order valence-electron chi connectivity index (χ3n) is 6.10. The van der Waals surface area contributed by atoms with Crippen LogP contribution >= 0.6 is 0 Å². The lowest BCUT2D eigenvalue weighted by Gasteiger charge is -2.08. The molecule has 0 aliphatic rings. The van der Waals surface area contributed by atoms with E-state index in [1.807, 2.05) is 24.3 Å². The molecular weight excluding hydrogens is 398 g/mol. The number of nitrogens with zero attached hydrogens (tertiary/aromatic N) is 1. The maximum Gasteiger partial charge on any atom is 0.354 e. The van der Waals surface area contributed by atoms with Crippen molar-refractivity contribution in [2.75, 3.05) is 6.61 Å². The lowest BCUT2D eigenvalue weighted by molar-refractivity contribution is 0.302. The second-order valence-electron chi connectivity index (χ2n) is 8.89. The van der Waals surface area contributed by atoms with Gasteiger partial charge in [0.25, 0.3) is 0 Å². The quantitative estimate of drug-likeness (QED) is 0.173. The Morgan fingerprint density at radius 3 is 1.88 bits per heavy atom. The smallest absolute Gasteiger partial charge is 0.354 e. The molecule has 0 aliphatic heterocycles. The number of benzene rings is 1. The zero-order chi connectivity index (χ0) is 22.9. The van der Waals surface area contributed by atoms with Gasteiger partial charge in [-0.3, -0.25) is 0 Å². The van der Waals surface area contributed by atoms with Crippen LogP contribution in [-0.2, 0) is 0 Å². The summed E-state index contributed by atoms with van der Waals surface area (Å²) in [6.07, 6.45) is 21.5. The second-order valence-corrected chi connectivity index (χ2v) is 8.89. The second kappa shape index (κ2) is 16.4. The molecule has 1 heterocycles. The lowest BCUT2D eigenvalue weighted by Crippen LogP contribution is -2.04. The van der Waals surface area contributed by atoms with E-state index in [0.717, 1.165) is 12.8 Å². The molecule has 2 aromatic rings. The molecule has 4 heteroatoms. The largest absolute Gasteiger partial charge is 0.490 e. The molecule has 0 fully saturated rings. The molecule has 1 aromatic heterocycles. The fourth-order valence-corrected chi connectivity index (χ4v) is 4.14. The SMILES string of the molecule is CCCCCCCCCCCCCCCCCCOc1cccc2cc(C#N)c(=O)oc12. The molecule has 4 nitrogen and oxygen atoms in total. The molecule has 0 saturated heterocycles. The average molecular weight is 440 g/mol. The van der Waals surface area contributed by atoms with Crippen LogP contribution in [0.15, 0.2) is 33.5 Å². The van der Waals surface area contributed by atoms with Crippen molar-refractivity contribution in [3.05, 3.63) is 40.2 Å². The summed E-state index contributed by atoms with van der Waals surface area (Å²) >= 11 is 0. The first-order valence-corrected chi connectivity index (χ1v) is 12.9. The highest BCUT2D eigenvalue weighted by Gasteiger charge is 2.09. The van der Waals surface area contributed by atoms with Gasteiger partial charge in [0.15, 0.2) is 11.3 Å². The molecule has 32 heavy (non-hydrogen) atoms. The summed E-state index contributed by atoms with van der Waals surface area (Å²) in [5, 5.41) is 9.69. The van der Waals surface area contributed by atoms with Crippen molar-refractivity contribution < 1.29 is 9.15 Å². The van der Waals surface area contributed by atoms with Crippen molar-refractivity contribution in [3.63, 3.8) is 0 Å². The maximum absolute atomic E-state index is 11.8. The minimum atomic E-state index is -0.613. The highest BCUT2D eigenvalue weighted by Crippen LogP contribution is 2.25. The highest BCUT2D eigenvalue weighted by atomic mass is 16.5. The Hall–Kier alpha value is -2.28. The van der Waals surface area contributed by atoms with Gasteiger partial charge in [-0.15, -0.1) is 0 Å². The van der Waals surface area contributed by atoms with Crippen molar-refractivity contribution in [1.82, 2.24) is 0 Å². The molecule has 176 valence electrons. The van der Waals surface area contributed by atoms with Crippen LogP contribution in [0.1, 0.15) is 115 Å². The summed E-state index contributed by atoms with van der Waals surface area (Å²) in [6, 6.07) is 8.90. The van der Waals surface area contributed by atoms with Crippen molar-refractivity contribution in [3.8, 4) is 11.8 Å². The summed E-state index contributed by atoms with van der Waals surface area (Å²) in [6.45, 7) is 2.89. The van der Waals surface area contributed by atoms with Gasteiger partial charge in [0.1, 0.15) is 11.6 Å². The Labute approximate surface area is 194 Å². The number of para-hydroxylation sites is 1. The predicted octanol–water partition coefficient (Wildman–Crippen LogP) is 8.30. The molecule has 0 bridgehead atoms. The first-order valence-electron chi connectivity index (χ1n) is 12.9. The third-order valence-corrected chi connectivity index (χ3v) is 6.10. The van der Waals surface area contributed by atoms with Gasteiger partial charge in [-0.25, -0.2) is 4.79 Å². The molecule has 0 saturated carbocycles. The third kappa shape index (κ3) is 9.90. The van der Waals surface area contributed by atoms with E-state index in [9.17, 15) is 4.79 Å². The van der Waals surface area contributed by atoms with Gasteiger partial charge in [0, 0.05) is 5.39 Å². The molecule has 0 atom stereocenters. The summed E-state index contributed by atoms with van der Waals surface area (Å²) in [7, 11) is 0. The number of rotatable bonds is 18. The van der Waals surface area contributed by atoms with E-state index in [0.29, 0.717) is 23.3 Å². The Morgan fingerprint density at radius 1 is 0.812 bits per heavy atom. The molecule has 0 amide bonds. The van der Waals surface area contributed by atoms with E-state index in [-0.39, 0.29) is 5.56 Å². The minimum absolute atomic E-state index is 0.0208. The van der Waals surface area contributed by atoms with Gasteiger partial charge in [-0.05, 0) is 18.6 Å². The predicted molar refractivity (Wildman–Crippen MR) is 132 cm³/mol. The summed E-state index contributed by atoms with van der Waals surface area (Å²) in [5.74, 6) is 0.574. The molecule has 0 radical (unpaired) electrons. The number of unbranched alkanes of at least 4 members (excludes halogenated alkanes) is 15. The van der Waals surface area contributed by atoms with E-state index >= 15 is 0 Å². The summed E-state index contributed by atoms with van der Waals surface area (Å²) < 4.78 is 11.1. The van der Waals surface area contributed by atoms with Crippen molar-refractivity contribution in [2.45, 2.75) is 110 Å². The Balaban J connectivity index is 1.46. The van der Waals surface area contributed by atoms with Crippen molar-refractivity contribution >= 4 is 11.0 Å². The molecule has 1 aromatic carbocycles. The monoisotopic (exact) mass is 439 g/mol. The van der Waals surface area contributed by atoms with Crippen LogP contribution in [0.5, 0.6) is 5.75 Å². The van der Waals surface area contributed by atoms with Gasteiger partial charge in [0.05, 0.1) is 6.61 Å². The first kappa shape index (κ1) is 26.0. The number of hydrogen-bond acceptors (Lipinski definition) is 4. The molecule has 0 spiro atoms. The minimum Gasteiger partial charge on any atom is -0.490 e. The van der Waals surface area contributed by atoms with Crippen molar-refractivity contribution in [1.29, 1.82) is 5.26 Å². The van der Waals surface area contributed by atoms with E-state index < -0.39 is 5.63 Å². The van der Waals surface area contributed by atoms with Crippen LogP contribution in [0, 0.1) is 11.3 Å². The number of hydrogen-bond donors (Lipinski definition) is 0. The van der Waals surface area contributed by atoms with Crippen LogP contribution in [0.25, 0.3) is 11.0 Å². The van der Waals surface area contributed by atoms with Crippen LogP contribution in [0.2, 0.25) is 0 Å². The fraction of sp³-hybridized carbons (Fsp3) is 0.643. The number of fused-ring (bicyclic) bond motifs is 1. The van der Waals surface area contributed by atoms with Crippen LogP contribution < -0.4 is 10.4 Å². The summed E-state index contributed by atoms with van der Waals surface area (Å²) in [5.41, 5.74) is -0.168. The van der Waals surface area contributed by atoms with Gasteiger partial charge in [-0.1, -0.05) is 115 Å². The first-order chi connectivity index (χ1) is 15.8. The van der Waals surface area contributed by atoms with Gasteiger partial charge < -0.3 is 9.15 Å². The lowest BCUT2D eigenvalue weighted by atomic mass is 10.0. The number of nitriles is 1. The fourth-order valence-electron chi connectivity index (χ4n) is 4.14. The normalized spacial score (nSPS) is 11.0. The van der Waals surface area contributed by atoms with E-state index in [1.165, 1.54) is 89.9 Å².